The minimum atomic E-state index is -0.0257. The van der Waals surface area contributed by atoms with Crippen molar-refractivity contribution in [3.05, 3.63) is 23.4 Å². The molecule has 1 rings (SSSR count). The second-order valence-corrected chi connectivity index (χ2v) is 5.82. The monoisotopic (exact) mass is 254 g/mol. The molecule has 1 atom stereocenters. The van der Waals surface area contributed by atoms with Gasteiger partial charge in [-0.15, -0.1) is 0 Å². The molecule has 1 unspecified atom stereocenters. The molecule has 0 saturated carbocycles. The minimum absolute atomic E-state index is 0.0257. The van der Waals surface area contributed by atoms with Crippen LogP contribution in [0.3, 0.4) is 0 Å². The van der Waals surface area contributed by atoms with Crippen molar-refractivity contribution in [1.29, 1.82) is 0 Å². The van der Waals surface area contributed by atoms with Crippen molar-refractivity contribution in [1.82, 2.24) is 4.98 Å². The van der Waals surface area contributed by atoms with Gasteiger partial charge in [-0.2, -0.15) is 0 Å². The predicted molar refractivity (Wildman–Crippen MR) is 71.1 cm³/mol. The minimum Gasteiger partial charge on any atom is -0.311 e. The molecule has 1 N–H and O–H groups in total. The molecule has 0 aliphatic heterocycles. The highest BCUT2D eigenvalue weighted by atomic mass is 35.5. The van der Waals surface area contributed by atoms with E-state index in [1.165, 1.54) is 0 Å². The molecule has 0 aliphatic carbocycles. The smallest absolute Gasteiger partial charge is 0.225 e. The largest absolute Gasteiger partial charge is 0.311 e. The molecule has 0 bridgehead atoms. The SMILES string of the molecule is CC(CC(=O)Nc1cc(Cl)ccn1)C(C)(C)C. The maximum absolute atomic E-state index is 11.8. The Labute approximate surface area is 108 Å². The van der Waals surface area contributed by atoms with Crippen LogP contribution < -0.4 is 5.32 Å². The fourth-order valence-corrected chi connectivity index (χ4v) is 1.41. The number of halogens is 1. The van der Waals surface area contributed by atoms with Gasteiger partial charge in [0.1, 0.15) is 5.82 Å². The zero-order valence-corrected chi connectivity index (χ0v) is 11.5. The Balaban J connectivity index is 2.56. The standard InChI is InChI=1S/C13H19ClN2O/c1-9(13(2,3)4)7-12(17)16-11-8-10(14)5-6-15-11/h5-6,8-9H,7H2,1-4H3,(H,15,16,17). The molecule has 94 valence electrons. The van der Waals surface area contributed by atoms with Crippen molar-refractivity contribution < 1.29 is 4.79 Å². The number of hydrogen-bond donors (Lipinski definition) is 1. The summed E-state index contributed by atoms with van der Waals surface area (Å²) in [5.74, 6) is 0.785. The van der Waals surface area contributed by atoms with Crippen LogP contribution in [0.25, 0.3) is 0 Å². The predicted octanol–water partition coefficient (Wildman–Crippen LogP) is 3.75. The molecule has 0 aliphatic rings. The van der Waals surface area contributed by atoms with Crippen LogP contribution in [0.15, 0.2) is 18.3 Å². The average molecular weight is 255 g/mol. The first-order chi connectivity index (χ1) is 7.79. The Bertz CT molecular complexity index is 399. The first kappa shape index (κ1) is 14.0. The lowest BCUT2D eigenvalue weighted by Crippen LogP contribution is -2.24. The third-order valence-corrected chi connectivity index (χ3v) is 3.19. The van der Waals surface area contributed by atoms with Crippen molar-refractivity contribution in [3.8, 4) is 0 Å². The average Bonchev–Trinajstić information content (AvgIpc) is 2.15. The molecule has 17 heavy (non-hydrogen) atoms. The van der Waals surface area contributed by atoms with Crippen molar-refractivity contribution in [2.75, 3.05) is 5.32 Å². The number of rotatable bonds is 3. The molecule has 0 fully saturated rings. The van der Waals surface area contributed by atoms with Crippen LogP contribution in [0.4, 0.5) is 5.82 Å². The molecule has 1 aromatic heterocycles. The van der Waals surface area contributed by atoms with Crippen LogP contribution in [0.5, 0.6) is 0 Å². The Morgan fingerprint density at radius 3 is 2.71 bits per heavy atom. The quantitative estimate of drug-likeness (QED) is 0.893. The number of pyridine rings is 1. The Kier molecular flexibility index (Phi) is 4.52. The second kappa shape index (κ2) is 5.50. The fraction of sp³-hybridized carbons (Fsp3) is 0.538. The molecule has 0 saturated heterocycles. The summed E-state index contributed by atoms with van der Waals surface area (Å²) >= 11 is 5.82. The maximum atomic E-state index is 11.8. The van der Waals surface area contributed by atoms with Gasteiger partial charge in [0.25, 0.3) is 0 Å². The summed E-state index contributed by atoms with van der Waals surface area (Å²) in [4.78, 5) is 15.8. The lowest BCUT2D eigenvalue weighted by Gasteiger charge is -2.26. The number of nitrogens with zero attached hydrogens (tertiary/aromatic N) is 1. The summed E-state index contributed by atoms with van der Waals surface area (Å²) in [6, 6.07) is 3.32. The van der Waals surface area contributed by atoms with Crippen LogP contribution in [-0.4, -0.2) is 10.9 Å². The number of anilines is 1. The third kappa shape index (κ3) is 4.73. The van der Waals surface area contributed by atoms with E-state index >= 15 is 0 Å². The first-order valence-electron chi connectivity index (χ1n) is 5.70. The Morgan fingerprint density at radius 1 is 1.53 bits per heavy atom. The number of hydrogen-bond acceptors (Lipinski definition) is 2. The molecule has 3 nitrogen and oxygen atoms in total. The van der Waals surface area contributed by atoms with Crippen LogP contribution in [0, 0.1) is 11.3 Å². The number of carbonyl (C=O) groups is 1. The highest BCUT2D eigenvalue weighted by Gasteiger charge is 2.22. The van der Waals surface area contributed by atoms with E-state index in [0.717, 1.165) is 0 Å². The number of amides is 1. The lowest BCUT2D eigenvalue weighted by molar-refractivity contribution is -0.117. The summed E-state index contributed by atoms with van der Waals surface area (Å²) < 4.78 is 0. The van der Waals surface area contributed by atoms with E-state index in [1.807, 2.05) is 0 Å². The zero-order valence-electron chi connectivity index (χ0n) is 10.7. The highest BCUT2D eigenvalue weighted by molar-refractivity contribution is 6.30. The summed E-state index contributed by atoms with van der Waals surface area (Å²) in [6.07, 6.45) is 2.06. The van der Waals surface area contributed by atoms with E-state index in [1.54, 1.807) is 18.3 Å². The molecule has 1 amide bonds. The van der Waals surface area contributed by atoms with Crippen molar-refractivity contribution in [2.24, 2.45) is 11.3 Å². The van der Waals surface area contributed by atoms with Gasteiger partial charge in [-0.25, -0.2) is 4.98 Å². The molecule has 1 aromatic rings. The van der Waals surface area contributed by atoms with Gasteiger partial charge >= 0.3 is 0 Å². The fourth-order valence-electron chi connectivity index (χ4n) is 1.25. The van der Waals surface area contributed by atoms with E-state index < -0.39 is 0 Å². The summed E-state index contributed by atoms with van der Waals surface area (Å²) in [6.45, 7) is 8.46. The van der Waals surface area contributed by atoms with Crippen LogP contribution in [0.2, 0.25) is 5.02 Å². The molecule has 4 heteroatoms. The van der Waals surface area contributed by atoms with Crippen molar-refractivity contribution in [2.45, 2.75) is 34.1 Å². The lowest BCUT2D eigenvalue weighted by atomic mass is 9.80. The van der Waals surface area contributed by atoms with Gasteiger partial charge in [0, 0.05) is 17.6 Å². The molecular formula is C13H19ClN2O. The van der Waals surface area contributed by atoms with Gasteiger partial charge in [0.2, 0.25) is 5.91 Å². The molecule has 1 heterocycles. The van der Waals surface area contributed by atoms with Gasteiger partial charge in [0.05, 0.1) is 0 Å². The number of carbonyl (C=O) groups excluding carboxylic acids is 1. The molecule has 0 spiro atoms. The van der Waals surface area contributed by atoms with Crippen LogP contribution >= 0.6 is 11.6 Å². The summed E-state index contributed by atoms with van der Waals surface area (Å²) in [7, 11) is 0. The number of aromatic nitrogens is 1. The van der Waals surface area contributed by atoms with Crippen molar-refractivity contribution >= 4 is 23.3 Å². The van der Waals surface area contributed by atoms with Gasteiger partial charge in [-0.3, -0.25) is 4.79 Å². The highest BCUT2D eigenvalue weighted by Crippen LogP contribution is 2.28. The van der Waals surface area contributed by atoms with E-state index in [9.17, 15) is 4.79 Å². The van der Waals surface area contributed by atoms with Crippen molar-refractivity contribution in [3.63, 3.8) is 0 Å². The maximum Gasteiger partial charge on any atom is 0.225 e. The van der Waals surface area contributed by atoms with Gasteiger partial charge < -0.3 is 5.32 Å². The Morgan fingerprint density at radius 2 is 2.18 bits per heavy atom. The first-order valence-corrected chi connectivity index (χ1v) is 6.08. The van der Waals surface area contributed by atoms with E-state index in [-0.39, 0.29) is 11.3 Å². The summed E-state index contributed by atoms with van der Waals surface area (Å²) in [5, 5.41) is 3.32. The molecule has 0 aromatic carbocycles. The van der Waals surface area contributed by atoms with Crippen LogP contribution in [-0.2, 0) is 4.79 Å². The normalized spacial score (nSPS) is 13.2. The molecular weight excluding hydrogens is 236 g/mol. The van der Waals surface area contributed by atoms with E-state index in [0.29, 0.717) is 23.2 Å². The van der Waals surface area contributed by atoms with Gasteiger partial charge in [-0.05, 0) is 23.5 Å². The van der Waals surface area contributed by atoms with Gasteiger partial charge in [0.15, 0.2) is 0 Å². The topological polar surface area (TPSA) is 42.0 Å². The second-order valence-electron chi connectivity index (χ2n) is 5.38. The third-order valence-electron chi connectivity index (χ3n) is 2.96. The number of nitrogens with one attached hydrogen (secondary N) is 1. The van der Waals surface area contributed by atoms with Gasteiger partial charge in [-0.1, -0.05) is 39.3 Å². The van der Waals surface area contributed by atoms with E-state index in [2.05, 4.69) is 38.0 Å². The molecule has 0 radical (unpaired) electrons. The Hall–Kier alpha value is -1.09. The zero-order chi connectivity index (χ0) is 13.1. The van der Waals surface area contributed by atoms with E-state index in [4.69, 9.17) is 11.6 Å². The summed E-state index contributed by atoms with van der Waals surface area (Å²) in [5.41, 5.74) is 0.124. The van der Waals surface area contributed by atoms with Crippen LogP contribution in [0.1, 0.15) is 34.1 Å².